The number of halogens is 4. The predicted molar refractivity (Wildman–Crippen MR) is 133 cm³/mol. The summed E-state index contributed by atoms with van der Waals surface area (Å²) in [5, 5.41) is 4.72. The van der Waals surface area contributed by atoms with Gasteiger partial charge in [0.25, 0.3) is 10.0 Å². The molecule has 0 saturated heterocycles. The van der Waals surface area contributed by atoms with Crippen molar-refractivity contribution < 1.29 is 31.1 Å². The van der Waals surface area contributed by atoms with Crippen LogP contribution in [-0.2, 0) is 27.5 Å². The number of anilines is 1. The molecule has 38 heavy (non-hydrogen) atoms. The van der Waals surface area contributed by atoms with Gasteiger partial charge >= 0.3 is 12.1 Å². The summed E-state index contributed by atoms with van der Waals surface area (Å²) in [6.07, 6.45) is -0.415. The second-order valence-electron chi connectivity index (χ2n) is 8.77. The van der Waals surface area contributed by atoms with Gasteiger partial charge in [0.1, 0.15) is 0 Å². The Labute approximate surface area is 220 Å². The summed E-state index contributed by atoms with van der Waals surface area (Å²) >= 11 is 6.17. The van der Waals surface area contributed by atoms with Gasteiger partial charge in [-0.1, -0.05) is 17.7 Å². The number of pyridine rings is 1. The number of alkyl halides is 3. The molecule has 1 aliphatic carbocycles. The van der Waals surface area contributed by atoms with Crippen LogP contribution in [0, 0.1) is 0 Å². The number of aromatic nitrogens is 3. The van der Waals surface area contributed by atoms with Crippen molar-refractivity contribution in [3.63, 3.8) is 0 Å². The van der Waals surface area contributed by atoms with Crippen LogP contribution < -0.4 is 4.31 Å². The van der Waals surface area contributed by atoms with E-state index in [4.69, 9.17) is 11.6 Å². The second-order valence-corrected chi connectivity index (χ2v) is 11.0. The van der Waals surface area contributed by atoms with Crippen molar-refractivity contribution in [1.29, 1.82) is 0 Å². The Morgan fingerprint density at radius 1 is 1.13 bits per heavy atom. The van der Waals surface area contributed by atoms with E-state index in [-0.39, 0.29) is 22.8 Å². The molecule has 0 bridgehead atoms. The molecule has 0 aliphatic heterocycles. The van der Waals surface area contributed by atoms with Crippen LogP contribution in [-0.4, -0.2) is 36.3 Å². The fourth-order valence-electron chi connectivity index (χ4n) is 4.03. The minimum absolute atomic E-state index is 0.127. The zero-order valence-corrected chi connectivity index (χ0v) is 21.4. The van der Waals surface area contributed by atoms with Crippen molar-refractivity contribution in [3.8, 4) is 0 Å². The van der Waals surface area contributed by atoms with E-state index >= 15 is 0 Å². The van der Waals surface area contributed by atoms with E-state index in [1.165, 1.54) is 31.4 Å². The molecule has 0 unspecified atom stereocenters. The quantitative estimate of drug-likeness (QED) is 0.270. The molecule has 8 nitrogen and oxygen atoms in total. The summed E-state index contributed by atoms with van der Waals surface area (Å²) in [6, 6.07) is 11.3. The highest BCUT2D eigenvalue weighted by Crippen LogP contribution is 2.38. The third kappa shape index (κ3) is 4.93. The minimum Gasteiger partial charge on any atom is -0.465 e. The van der Waals surface area contributed by atoms with Crippen LogP contribution in [0.4, 0.5) is 19.0 Å². The minimum atomic E-state index is -4.71. The van der Waals surface area contributed by atoms with Crippen molar-refractivity contribution in [2.45, 2.75) is 36.5 Å². The third-order valence-electron chi connectivity index (χ3n) is 6.13. The highest BCUT2D eigenvalue weighted by molar-refractivity contribution is 7.92. The first-order chi connectivity index (χ1) is 18.0. The average Bonchev–Trinajstić information content (AvgIpc) is 3.65. The van der Waals surface area contributed by atoms with Crippen LogP contribution in [0.5, 0.6) is 0 Å². The average molecular weight is 565 g/mol. The number of rotatable bonds is 7. The highest BCUT2D eigenvalue weighted by Gasteiger charge is 2.34. The van der Waals surface area contributed by atoms with E-state index in [0.29, 0.717) is 23.9 Å². The number of sulfonamides is 1. The van der Waals surface area contributed by atoms with Gasteiger partial charge in [-0.3, -0.25) is 4.68 Å². The van der Waals surface area contributed by atoms with E-state index in [1.807, 2.05) is 10.7 Å². The van der Waals surface area contributed by atoms with Crippen molar-refractivity contribution in [1.82, 2.24) is 14.8 Å². The summed E-state index contributed by atoms with van der Waals surface area (Å²) in [5.74, 6) is -1.02. The molecule has 0 N–H and O–H groups in total. The fourth-order valence-corrected chi connectivity index (χ4v) is 5.77. The molecule has 1 fully saturated rings. The number of hydrogen-bond acceptors (Lipinski definition) is 6. The Morgan fingerprint density at radius 3 is 2.45 bits per heavy atom. The van der Waals surface area contributed by atoms with E-state index in [9.17, 15) is 26.4 Å². The zero-order chi connectivity index (χ0) is 27.2. The lowest BCUT2D eigenvalue weighted by Crippen LogP contribution is -2.32. The largest absolute Gasteiger partial charge is 0.465 e. The Balaban J connectivity index is 1.57. The molecule has 13 heteroatoms. The zero-order valence-electron chi connectivity index (χ0n) is 19.8. The first kappa shape index (κ1) is 26.0. The molecule has 2 aromatic heterocycles. The van der Waals surface area contributed by atoms with Gasteiger partial charge in [0.05, 0.1) is 52.5 Å². The molecule has 0 radical (unpaired) electrons. The smallest absolute Gasteiger partial charge is 0.417 e. The highest BCUT2D eigenvalue weighted by atomic mass is 35.5. The molecule has 0 spiro atoms. The van der Waals surface area contributed by atoms with Crippen molar-refractivity contribution in [2.24, 2.45) is 0 Å². The standard InChI is InChI=1S/C25H20ClF3N4O4S/c1-37-24(34)16-3-7-20(8-4-16)38(35,36)32(23-21(26)11-18(13-30-23)25(27,28)29)14-15-2-9-22-17(10-15)12-31-33(22)19-5-6-19/h2-4,7-13,19H,5-6,14H2,1H3. The van der Waals surface area contributed by atoms with Crippen molar-refractivity contribution in [3.05, 3.63) is 82.6 Å². The Kier molecular flexibility index (Phi) is 6.56. The number of ether oxygens (including phenoxy) is 1. The number of carbonyl (C=O) groups is 1. The molecular formula is C25H20ClF3N4O4S. The summed E-state index contributed by atoms with van der Waals surface area (Å²) in [7, 11) is -3.20. The van der Waals surface area contributed by atoms with E-state index in [1.54, 1.807) is 18.3 Å². The van der Waals surface area contributed by atoms with Gasteiger partial charge in [0.15, 0.2) is 5.82 Å². The van der Waals surface area contributed by atoms with Crippen LogP contribution in [0.25, 0.3) is 10.9 Å². The molecule has 4 aromatic rings. The molecule has 198 valence electrons. The predicted octanol–water partition coefficient (Wildman–Crippen LogP) is 5.62. The number of methoxy groups -OCH3 is 1. The molecular weight excluding hydrogens is 545 g/mol. The number of carbonyl (C=O) groups excluding carboxylic acids is 1. The maximum atomic E-state index is 13.8. The van der Waals surface area contributed by atoms with E-state index in [2.05, 4.69) is 14.8 Å². The van der Waals surface area contributed by atoms with Crippen LogP contribution in [0.3, 0.4) is 0 Å². The molecule has 5 rings (SSSR count). The molecule has 1 saturated carbocycles. The third-order valence-corrected chi connectivity index (χ3v) is 8.16. The molecule has 2 heterocycles. The SMILES string of the molecule is COC(=O)c1ccc(S(=O)(=O)N(Cc2ccc3c(cnn3C3CC3)c2)c2ncc(C(F)(F)F)cc2Cl)cc1. The summed E-state index contributed by atoms with van der Waals surface area (Å²) in [4.78, 5) is 15.4. The lowest BCUT2D eigenvalue weighted by Gasteiger charge is -2.25. The molecule has 0 amide bonds. The number of benzene rings is 2. The lowest BCUT2D eigenvalue weighted by atomic mass is 10.1. The van der Waals surface area contributed by atoms with E-state index < -0.39 is 32.8 Å². The lowest BCUT2D eigenvalue weighted by molar-refractivity contribution is -0.137. The summed E-state index contributed by atoms with van der Waals surface area (Å²) in [5.41, 5.74) is 0.455. The van der Waals surface area contributed by atoms with Crippen LogP contribution in [0.2, 0.25) is 5.02 Å². The number of nitrogens with zero attached hydrogens (tertiary/aromatic N) is 4. The first-order valence-corrected chi connectivity index (χ1v) is 13.2. The second kappa shape index (κ2) is 9.59. The Hall–Kier alpha value is -3.64. The molecule has 1 aliphatic rings. The maximum absolute atomic E-state index is 13.8. The number of hydrogen-bond donors (Lipinski definition) is 0. The van der Waals surface area contributed by atoms with Gasteiger partial charge in [-0.15, -0.1) is 0 Å². The van der Waals surface area contributed by atoms with E-state index in [0.717, 1.165) is 28.0 Å². The molecule has 0 atom stereocenters. The topological polar surface area (TPSA) is 94.4 Å². The van der Waals surface area contributed by atoms with Crippen molar-refractivity contribution in [2.75, 3.05) is 11.4 Å². The van der Waals surface area contributed by atoms with Crippen molar-refractivity contribution >= 4 is 44.3 Å². The van der Waals surface area contributed by atoms with Gasteiger partial charge in [-0.25, -0.2) is 22.5 Å². The van der Waals surface area contributed by atoms with Gasteiger partial charge in [-0.2, -0.15) is 18.3 Å². The van der Waals surface area contributed by atoms with Crippen LogP contribution >= 0.6 is 11.6 Å². The monoisotopic (exact) mass is 564 g/mol. The summed E-state index contributed by atoms with van der Waals surface area (Å²) in [6.45, 7) is -0.274. The van der Waals surface area contributed by atoms with Gasteiger partial charge < -0.3 is 4.74 Å². The van der Waals surface area contributed by atoms with Crippen LogP contribution in [0.15, 0.2) is 65.8 Å². The van der Waals surface area contributed by atoms with Crippen LogP contribution in [0.1, 0.15) is 40.4 Å². The summed E-state index contributed by atoms with van der Waals surface area (Å²) < 4.78 is 74.6. The first-order valence-electron chi connectivity index (χ1n) is 11.4. The van der Waals surface area contributed by atoms with Gasteiger partial charge in [0, 0.05) is 11.6 Å². The Morgan fingerprint density at radius 2 is 1.84 bits per heavy atom. The van der Waals surface area contributed by atoms with Gasteiger partial charge in [-0.05, 0) is 60.9 Å². The van der Waals surface area contributed by atoms with Gasteiger partial charge in [0.2, 0.25) is 0 Å². The maximum Gasteiger partial charge on any atom is 0.417 e. The number of fused-ring (bicyclic) bond motifs is 1. The number of esters is 1. The normalized spacial score (nSPS) is 14.0. The fraction of sp³-hybridized carbons (Fsp3) is 0.240. The Bertz CT molecular complexity index is 1630. The molecule has 2 aromatic carbocycles.